The number of rotatable bonds is 1. The Morgan fingerprint density at radius 1 is 0.741 bits per heavy atom. The van der Waals surface area contributed by atoms with Gasteiger partial charge in [-0.15, -0.1) is 0 Å². The Labute approximate surface area is 160 Å². The summed E-state index contributed by atoms with van der Waals surface area (Å²) in [4.78, 5) is 4.84. The van der Waals surface area contributed by atoms with E-state index in [9.17, 15) is 0 Å². The molecular weight excluding hydrogens is 326 g/mol. The molecule has 0 aliphatic heterocycles. The number of benzene rings is 3. The molecule has 1 heteroatoms. The first-order valence-electron chi connectivity index (χ1n) is 9.57. The van der Waals surface area contributed by atoms with Gasteiger partial charge in [0.05, 0.1) is 5.69 Å². The van der Waals surface area contributed by atoms with Crippen molar-refractivity contribution < 1.29 is 0 Å². The lowest BCUT2D eigenvalue weighted by atomic mass is 9.80. The van der Waals surface area contributed by atoms with Crippen molar-refractivity contribution in [2.45, 2.75) is 33.1 Å². The van der Waals surface area contributed by atoms with Crippen molar-refractivity contribution in [3.63, 3.8) is 0 Å². The summed E-state index contributed by atoms with van der Waals surface area (Å²) in [6.07, 6.45) is 1.96. The second-order valence-electron chi connectivity index (χ2n) is 8.25. The largest absolute Gasteiger partial charge is 0.256 e. The van der Waals surface area contributed by atoms with Crippen molar-refractivity contribution >= 4 is 10.8 Å². The minimum absolute atomic E-state index is 0.0723. The molecule has 0 fully saturated rings. The maximum absolute atomic E-state index is 4.84. The molecule has 132 valence electrons. The van der Waals surface area contributed by atoms with Crippen LogP contribution in [0.25, 0.3) is 33.2 Å². The summed E-state index contributed by atoms with van der Waals surface area (Å²) < 4.78 is 0. The van der Waals surface area contributed by atoms with Gasteiger partial charge in [-0.3, -0.25) is 4.98 Å². The van der Waals surface area contributed by atoms with Gasteiger partial charge in [0.2, 0.25) is 0 Å². The molecule has 1 nitrogen and oxygen atoms in total. The van der Waals surface area contributed by atoms with E-state index >= 15 is 0 Å². The van der Waals surface area contributed by atoms with Crippen LogP contribution in [0.3, 0.4) is 0 Å². The molecule has 0 unspecified atom stereocenters. The van der Waals surface area contributed by atoms with E-state index in [1.54, 1.807) is 0 Å². The van der Waals surface area contributed by atoms with Crippen LogP contribution in [0.1, 0.15) is 36.1 Å². The molecular formula is C26H23N. The van der Waals surface area contributed by atoms with Gasteiger partial charge in [0.15, 0.2) is 0 Å². The summed E-state index contributed by atoms with van der Waals surface area (Å²) in [6, 6.07) is 22.2. The lowest BCUT2D eigenvalue weighted by Gasteiger charge is -2.24. The maximum Gasteiger partial charge on any atom is 0.0749 e. The Bertz CT molecular complexity index is 1210. The van der Waals surface area contributed by atoms with Gasteiger partial charge in [0.1, 0.15) is 0 Å². The van der Waals surface area contributed by atoms with Gasteiger partial charge in [-0.2, -0.15) is 0 Å². The average molecular weight is 349 g/mol. The molecule has 1 aromatic heterocycles. The normalized spacial score (nSPS) is 14.2. The second kappa shape index (κ2) is 5.53. The average Bonchev–Trinajstić information content (AvgIpc) is 2.90. The van der Waals surface area contributed by atoms with Crippen LogP contribution < -0.4 is 0 Å². The molecule has 3 aromatic carbocycles. The van der Waals surface area contributed by atoms with Crippen LogP contribution >= 0.6 is 0 Å². The number of pyridine rings is 1. The van der Waals surface area contributed by atoms with Gasteiger partial charge in [-0.05, 0) is 82.3 Å². The molecule has 5 rings (SSSR count). The van der Waals surface area contributed by atoms with Gasteiger partial charge in [0.25, 0.3) is 0 Å². The Hall–Kier alpha value is -2.93. The molecule has 0 radical (unpaired) electrons. The van der Waals surface area contributed by atoms with E-state index < -0.39 is 0 Å². The fourth-order valence-electron chi connectivity index (χ4n) is 4.54. The Morgan fingerprint density at radius 3 is 2.22 bits per heavy atom. The predicted molar refractivity (Wildman–Crippen MR) is 114 cm³/mol. The molecule has 0 amide bonds. The quantitative estimate of drug-likeness (QED) is 0.367. The van der Waals surface area contributed by atoms with Crippen molar-refractivity contribution in [1.82, 2.24) is 4.98 Å². The molecule has 27 heavy (non-hydrogen) atoms. The van der Waals surface area contributed by atoms with Gasteiger partial charge in [-0.25, -0.2) is 0 Å². The molecule has 0 saturated heterocycles. The molecule has 4 aromatic rings. The molecule has 0 bridgehead atoms. The summed E-state index contributed by atoms with van der Waals surface area (Å²) in [7, 11) is 0. The van der Waals surface area contributed by atoms with E-state index in [4.69, 9.17) is 4.98 Å². The molecule has 1 aliphatic carbocycles. The topological polar surface area (TPSA) is 12.9 Å². The molecule has 0 saturated carbocycles. The highest BCUT2D eigenvalue weighted by Gasteiger charge is 2.38. The van der Waals surface area contributed by atoms with E-state index in [-0.39, 0.29) is 5.41 Å². The van der Waals surface area contributed by atoms with Gasteiger partial charge in [-0.1, -0.05) is 50.2 Å². The molecule has 0 N–H and O–H groups in total. The van der Waals surface area contributed by atoms with Gasteiger partial charge in [0, 0.05) is 17.2 Å². The number of hydrogen-bond acceptors (Lipinski definition) is 1. The van der Waals surface area contributed by atoms with E-state index in [1.165, 1.54) is 49.7 Å². The number of aryl methyl sites for hydroxylation is 2. The van der Waals surface area contributed by atoms with Crippen molar-refractivity contribution in [3.05, 3.63) is 89.1 Å². The molecule has 0 spiro atoms. The van der Waals surface area contributed by atoms with Crippen molar-refractivity contribution in [2.24, 2.45) is 0 Å². The fourth-order valence-corrected chi connectivity index (χ4v) is 4.54. The van der Waals surface area contributed by atoms with E-state index in [1.807, 2.05) is 6.20 Å². The minimum Gasteiger partial charge on any atom is -0.256 e. The van der Waals surface area contributed by atoms with E-state index in [2.05, 4.69) is 88.4 Å². The summed E-state index contributed by atoms with van der Waals surface area (Å²) in [5, 5.41) is 2.60. The maximum atomic E-state index is 4.84. The third-order valence-corrected chi connectivity index (χ3v) is 6.21. The Morgan fingerprint density at radius 2 is 1.48 bits per heavy atom. The molecule has 1 heterocycles. The van der Waals surface area contributed by atoms with E-state index in [0.717, 1.165) is 5.69 Å². The highest BCUT2D eigenvalue weighted by Crippen LogP contribution is 2.52. The highest BCUT2D eigenvalue weighted by atomic mass is 14.7. The van der Waals surface area contributed by atoms with Crippen LogP contribution in [0, 0.1) is 13.8 Å². The van der Waals surface area contributed by atoms with E-state index in [0.29, 0.717) is 0 Å². The van der Waals surface area contributed by atoms with Crippen molar-refractivity contribution in [3.8, 4) is 22.4 Å². The zero-order valence-corrected chi connectivity index (χ0v) is 16.3. The second-order valence-corrected chi connectivity index (χ2v) is 8.25. The van der Waals surface area contributed by atoms with Crippen molar-refractivity contribution in [2.75, 3.05) is 0 Å². The van der Waals surface area contributed by atoms with Crippen LogP contribution in [0.15, 0.2) is 66.9 Å². The number of nitrogens with zero attached hydrogens (tertiary/aromatic N) is 1. The SMILES string of the molecule is Cc1ccc(-c2nccc3c2C(C)(C)c2cc4ccccc4cc2-3)cc1C. The smallest absolute Gasteiger partial charge is 0.0749 e. The van der Waals surface area contributed by atoms with Gasteiger partial charge >= 0.3 is 0 Å². The first kappa shape index (κ1) is 16.3. The first-order valence-corrected chi connectivity index (χ1v) is 9.57. The number of aromatic nitrogens is 1. The fraction of sp³-hybridized carbons (Fsp3) is 0.192. The summed E-state index contributed by atoms with van der Waals surface area (Å²) in [5.41, 5.74) is 10.3. The lowest BCUT2D eigenvalue weighted by molar-refractivity contribution is 0.660. The summed E-state index contributed by atoms with van der Waals surface area (Å²) >= 11 is 0. The molecule has 0 atom stereocenters. The van der Waals surface area contributed by atoms with Gasteiger partial charge < -0.3 is 0 Å². The first-order chi connectivity index (χ1) is 13.0. The highest BCUT2D eigenvalue weighted by molar-refractivity contribution is 5.95. The zero-order valence-electron chi connectivity index (χ0n) is 16.3. The van der Waals surface area contributed by atoms with Crippen LogP contribution in [-0.4, -0.2) is 4.98 Å². The molecule has 1 aliphatic rings. The standard InChI is InChI=1S/C26H23N/c1-16-9-10-20(13-17(16)2)25-24-21(11-12-27-25)22-14-18-7-5-6-8-19(18)15-23(22)26(24,3)4/h5-15H,1-4H3. The Balaban J connectivity index is 1.82. The van der Waals surface area contributed by atoms with Crippen molar-refractivity contribution in [1.29, 1.82) is 0 Å². The van der Waals surface area contributed by atoms with Crippen LogP contribution in [0.4, 0.5) is 0 Å². The third-order valence-electron chi connectivity index (χ3n) is 6.21. The summed E-state index contributed by atoms with van der Waals surface area (Å²) in [6.45, 7) is 9.00. The predicted octanol–water partition coefficient (Wildman–Crippen LogP) is 6.82. The third kappa shape index (κ3) is 2.28. The number of fused-ring (bicyclic) bond motifs is 4. The van der Waals surface area contributed by atoms with Crippen LogP contribution in [0.5, 0.6) is 0 Å². The minimum atomic E-state index is -0.0723. The summed E-state index contributed by atoms with van der Waals surface area (Å²) in [5.74, 6) is 0. The number of hydrogen-bond donors (Lipinski definition) is 0. The lowest BCUT2D eigenvalue weighted by Crippen LogP contribution is -2.17. The zero-order chi connectivity index (χ0) is 18.8. The van der Waals surface area contributed by atoms with Crippen LogP contribution in [0.2, 0.25) is 0 Å². The monoisotopic (exact) mass is 349 g/mol. The van der Waals surface area contributed by atoms with Crippen LogP contribution in [-0.2, 0) is 5.41 Å². The Kier molecular flexibility index (Phi) is 3.33.